The largest absolute Gasteiger partial charge is 0.308 e. The number of hydrogen-bond donors (Lipinski definition) is 0. The van der Waals surface area contributed by atoms with Gasteiger partial charge in [-0.3, -0.25) is 4.79 Å². The van der Waals surface area contributed by atoms with Gasteiger partial charge < -0.3 is 4.90 Å². The van der Waals surface area contributed by atoms with Crippen LogP contribution in [0.15, 0.2) is 59.7 Å². The first-order chi connectivity index (χ1) is 15.7. The number of hydrogen-bond acceptors (Lipinski definition) is 5. The summed E-state index contributed by atoms with van der Waals surface area (Å²) in [5, 5.41) is 8.99. The molecular weight excluding hydrogens is 436 g/mol. The van der Waals surface area contributed by atoms with E-state index in [0.29, 0.717) is 34.5 Å². The van der Waals surface area contributed by atoms with E-state index in [4.69, 9.17) is 11.8 Å². The zero-order chi connectivity index (χ0) is 24.0. The lowest BCUT2D eigenvalue weighted by atomic mass is 9.95. The van der Waals surface area contributed by atoms with Gasteiger partial charge in [0, 0.05) is 30.8 Å². The zero-order valence-corrected chi connectivity index (χ0v) is 19.3. The van der Waals surface area contributed by atoms with Crippen LogP contribution in [-0.2, 0) is 14.8 Å². The molecule has 0 unspecified atom stereocenters. The highest BCUT2D eigenvalue weighted by atomic mass is 32.2. The van der Waals surface area contributed by atoms with E-state index in [1.807, 2.05) is 14.1 Å². The summed E-state index contributed by atoms with van der Waals surface area (Å²) < 4.78 is 27.4. The first kappa shape index (κ1) is 24.1. The molecule has 1 fully saturated rings. The predicted octanol–water partition coefficient (Wildman–Crippen LogP) is 3.35. The highest BCUT2D eigenvalue weighted by Gasteiger charge is 2.33. The third kappa shape index (κ3) is 6.24. The fourth-order valence-electron chi connectivity index (χ4n) is 3.33. The van der Waals surface area contributed by atoms with Crippen molar-refractivity contribution in [3.63, 3.8) is 0 Å². The second kappa shape index (κ2) is 10.4. The third-order valence-corrected chi connectivity index (χ3v) is 6.95. The lowest BCUT2D eigenvalue weighted by Gasteiger charge is -2.29. The number of Topliss-reactive ketones (excluding diaryl/α,β-unsaturated/α-hetero) is 1. The number of carbonyl (C=O) groups excluding carboxylic acids is 1. The summed E-state index contributed by atoms with van der Waals surface area (Å²) in [5.74, 6) is -0.265. The maximum Gasteiger partial charge on any atom is 0.215 e. The van der Waals surface area contributed by atoms with Crippen LogP contribution in [0.25, 0.3) is 17.0 Å². The molecule has 0 bridgehead atoms. The number of nitrogens with zero attached hydrogens (tertiary/aromatic N) is 4. The third-order valence-electron chi connectivity index (χ3n) is 5.21. The molecule has 168 valence electrons. The maximum atomic E-state index is 13.3. The van der Waals surface area contributed by atoms with Gasteiger partial charge in [0.05, 0.1) is 24.0 Å². The van der Waals surface area contributed by atoms with Gasteiger partial charge in [0.1, 0.15) is 0 Å². The molecule has 0 aromatic heterocycles. The van der Waals surface area contributed by atoms with E-state index in [1.165, 1.54) is 4.31 Å². The Kier molecular flexibility index (Phi) is 7.57. The fourth-order valence-corrected chi connectivity index (χ4v) is 4.86. The van der Waals surface area contributed by atoms with E-state index in [1.54, 1.807) is 65.6 Å². The van der Waals surface area contributed by atoms with Crippen LogP contribution in [0.2, 0.25) is 0 Å². The van der Waals surface area contributed by atoms with Gasteiger partial charge in [-0.2, -0.15) is 9.57 Å². The van der Waals surface area contributed by atoms with Crippen molar-refractivity contribution >= 4 is 33.6 Å². The van der Waals surface area contributed by atoms with Crippen molar-refractivity contribution in [3.05, 3.63) is 87.8 Å². The summed E-state index contributed by atoms with van der Waals surface area (Å²) in [6.45, 7) is 7.43. The molecule has 7 nitrogen and oxygen atoms in total. The minimum absolute atomic E-state index is 0.0100. The SMILES string of the molecule is [C-]#[N+]c1ccc(/C=C2\CN(S(=O)(=O)CCN(C)C)C/C(=C\c3ccc(C#N)cc3)C2=O)cc1. The molecule has 33 heavy (non-hydrogen) atoms. The Morgan fingerprint density at radius 3 is 2.00 bits per heavy atom. The average molecular weight is 461 g/mol. The van der Waals surface area contributed by atoms with Gasteiger partial charge in [-0.15, -0.1) is 0 Å². The smallest absolute Gasteiger partial charge is 0.215 e. The monoisotopic (exact) mass is 460 g/mol. The second-order valence-electron chi connectivity index (χ2n) is 7.99. The summed E-state index contributed by atoms with van der Waals surface area (Å²) >= 11 is 0. The minimum Gasteiger partial charge on any atom is -0.308 e. The molecule has 0 spiro atoms. The molecule has 0 N–H and O–H groups in total. The molecule has 2 aromatic rings. The van der Waals surface area contributed by atoms with Crippen LogP contribution in [0.5, 0.6) is 0 Å². The van der Waals surface area contributed by atoms with Crippen LogP contribution in [-0.4, -0.2) is 62.9 Å². The molecule has 2 aromatic carbocycles. The number of sulfonamides is 1. The van der Waals surface area contributed by atoms with E-state index in [9.17, 15) is 13.2 Å². The van der Waals surface area contributed by atoms with E-state index >= 15 is 0 Å². The quantitative estimate of drug-likeness (QED) is 0.487. The topological polar surface area (TPSA) is 85.8 Å². The summed E-state index contributed by atoms with van der Waals surface area (Å²) in [4.78, 5) is 18.4. The molecule has 1 aliphatic rings. The number of piperidine rings is 1. The molecular formula is C25H24N4O3S. The number of benzene rings is 2. The lowest BCUT2D eigenvalue weighted by molar-refractivity contribution is -0.113. The summed E-state index contributed by atoms with van der Waals surface area (Å²) in [6, 6.07) is 15.6. The maximum absolute atomic E-state index is 13.3. The van der Waals surface area contributed by atoms with Crippen molar-refractivity contribution in [1.29, 1.82) is 5.26 Å². The molecule has 8 heteroatoms. The summed E-state index contributed by atoms with van der Waals surface area (Å²) in [7, 11) is 0.0197. The van der Waals surface area contributed by atoms with Crippen LogP contribution < -0.4 is 0 Å². The Balaban J connectivity index is 2.00. The van der Waals surface area contributed by atoms with E-state index in [2.05, 4.69) is 10.9 Å². The van der Waals surface area contributed by atoms with Crippen molar-refractivity contribution in [3.8, 4) is 6.07 Å². The van der Waals surface area contributed by atoms with Gasteiger partial charge in [-0.25, -0.2) is 13.3 Å². The number of nitriles is 1. The Hall–Kier alpha value is -3.56. The Morgan fingerprint density at radius 1 is 1.03 bits per heavy atom. The molecule has 3 rings (SSSR count). The van der Waals surface area contributed by atoms with Crippen molar-refractivity contribution in [2.45, 2.75) is 0 Å². The standard InChI is InChI=1S/C25H24N4O3S/c1-27-24-10-8-20(9-11-24)15-23-18-29(33(31,32)13-12-28(2)3)17-22(25(23)30)14-19-4-6-21(16-26)7-5-19/h4-11,14-15H,12-13,17-18H2,2-3H3/b22-14+,23-15+. The van der Waals surface area contributed by atoms with Crippen LogP contribution in [0.1, 0.15) is 16.7 Å². The Bertz CT molecular complexity index is 1200. The van der Waals surface area contributed by atoms with Crippen molar-refractivity contribution in [1.82, 2.24) is 9.21 Å². The van der Waals surface area contributed by atoms with Crippen LogP contribution in [0.3, 0.4) is 0 Å². The molecule has 0 atom stereocenters. The van der Waals surface area contributed by atoms with Gasteiger partial charge >= 0.3 is 0 Å². The average Bonchev–Trinajstić information content (AvgIpc) is 2.81. The summed E-state index contributed by atoms with van der Waals surface area (Å²) in [5.41, 5.74) is 3.15. The van der Waals surface area contributed by atoms with Gasteiger partial charge in [0.25, 0.3) is 0 Å². The normalized spacial score (nSPS) is 17.3. The Labute approximate surface area is 194 Å². The van der Waals surface area contributed by atoms with E-state index in [0.717, 1.165) is 5.56 Å². The van der Waals surface area contributed by atoms with Crippen molar-refractivity contribution in [2.24, 2.45) is 0 Å². The van der Waals surface area contributed by atoms with Crippen molar-refractivity contribution < 1.29 is 13.2 Å². The summed E-state index contributed by atoms with van der Waals surface area (Å²) in [6.07, 6.45) is 3.35. The molecule has 0 amide bonds. The van der Waals surface area contributed by atoms with E-state index < -0.39 is 10.0 Å². The van der Waals surface area contributed by atoms with Gasteiger partial charge in [-0.05, 0) is 49.5 Å². The molecule has 1 heterocycles. The Morgan fingerprint density at radius 2 is 1.55 bits per heavy atom. The molecule has 0 aliphatic carbocycles. The van der Waals surface area contributed by atoms with E-state index in [-0.39, 0.29) is 24.6 Å². The molecule has 1 saturated heterocycles. The molecule has 0 radical (unpaired) electrons. The second-order valence-corrected chi connectivity index (χ2v) is 10.1. The van der Waals surface area contributed by atoms with Crippen LogP contribution in [0, 0.1) is 17.9 Å². The highest BCUT2D eigenvalue weighted by molar-refractivity contribution is 7.89. The number of rotatable bonds is 6. The van der Waals surface area contributed by atoms with Crippen LogP contribution >= 0.6 is 0 Å². The van der Waals surface area contributed by atoms with Gasteiger partial charge in [0.2, 0.25) is 10.0 Å². The van der Waals surface area contributed by atoms with Gasteiger partial charge in [0.15, 0.2) is 11.5 Å². The molecule has 0 saturated carbocycles. The highest BCUT2D eigenvalue weighted by Crippen LogP contribution is 2.25. The first-order valence-electron chi connectivity index (χ1n) is 10.3. The number of carbonyl (C=O) groups is 1. The van der Waals surface area contributed by atoms with Crippen LogP contribution in [0.4, 0.5) is 5.69 Å². The first-order valence-corrected chi connectivity index (χ1v) is 11.9. The zero-order valence-electron chi connectivity index (χ0n) is 18.5. The minimum atomic E-state index is -3.60. The van der Waals surface area contributed by atoms with Gasteiger partial charge in [-0.1, -0.05) is 36.4 Å². The number of ketones is 1. The predicted molar refractivity (Wildman–Crippen MR) is 129 cm³/mol. The van der Waals surface area contributed by atoms with Crippen molar-refractivity contribution in [2.75, 3.05) is 39.5 Å². The lowest BCUT2D eigenvalue weighted by Crippen LogP contribution is -2.43. The fraction of sp³-hybridized carbons (Fsp3) is 0.240. The molecule has 1 aliphatic heterocycles.